The molecular weight excluding hydrogens is 331 g/mol. The molecule has 2 fully saturated rings. The fourth-order valence-electron chi connectivity index (χ4n) is 2.72. The molecule has 3 atom stereocenters. The quantitative estimate of drug-likeness (QED) is 0.318. The SMILES string of the molecule is CC/C=C\CC(=O)N[C@@H]1C(=O)N2[C@@H]1SC(C)(C)[C@@H]2C(=O)[O-].[K+]. The number of thioether (sulfide) groups is 1. The van der Waals surface area contributed by atoms with Crippen LogP contribution in [0.2, 0.25) is 0 Å². The standard InChI is InChI=1S/C14H20N2O4S.K/c1-4-5-6-7-8(17)15-9-11(18)16-10(13(19)20)14(2,3)21-12(9)16;/h5-6,9-10,12H,4,7H2,1-3H3,(H,15,17)(H,19,20);/q;+1/p-1/b6-5-;/t9-,10+,12-;/m1./s1. The average Bonchev–Trinajstić information content (AvgIpc) is 2.65. The molecule has 0 saturated carbocycles. The van der Waals surface area contributed by atoms with E-state index in [9.17, 15) is 19.5 Å². The van der Waals surface area contributed by atoms with Gasteiger partial charge in [-0.3, -0.25) is 9.59 Å². The van der Waals surface area contributed by atoms with Crippen LogP contribution in [0, 0.1) is 0 Å². The first kappa shape index (κ1) is 20.2. The Morgan fingerprint density at radius 3 is 2.59 bits per heavy atom. The van der Waals surface area contributed by atoms with Gasteiger partial charge in [0, 0.05) is 11.2 Å². The number of allylic oxidation sites excluding steroid dienone is 1. The first-order chi connectivity index (χ1) is 9.79. The van der Waals surface area contributed by atoms with Crippen LogP contribution in [0.15, 0.2) is 12.2 Å². The second-order valence-electron chi connectivity index (χ2n) is 5.71. The molecule has 2 amide bonds. The van der Waals surface area contributed by atoms with Gasteiger partial charge in [0.15, 0.2) is 0 Å². The van der Waals surface area contributed by atoms with Gasteiger partial charge in [0.05, 0.1) is 12.0 Å². The van der Waals surface area contributed by atoms with Crippen LogP contribution in [-0.2, 0) is 14.4 Å². The molecule has 0 aromatic rings. The maximum absolute atomic E-state index is 12.1. The third kappa shape index (κ3) is 3.79. The van der Waals surface area contributed by atoms with E-state index >= 15 is 0 Å². The minimum absolute atomic E-state index is 0. The summed E-state index contributed by atoms with van der Waals surface area (Å²) in [6.07, 6.45) is 4.71. The molecule has 2 aliphatic heterocycles. The molecule has 0 aromatic heterocycles. The van der Waals surface area contributed by atoms with E-state index in [0.29, 0.717) is 0 Å². The van der Waals surface area contributed by atoms with Gasteiger partial charge in [-0.1, -0.05) is 19.1 Å². The molecule has 2 aliphatic rings. The van der Waals surface area contributed by atoms with Crippen molar-refractivity contribution in [3.63, 3.8) is 0 Å². The summed E-state index contributed by atoms with van der Waals surface area (Å²) in [7, 11) is 0. The van der Waals surface area contributed by atoms with Crippen LogP contribution in [-0.4, -0.2) is 44.9 Å². The fourth-order valence-corrected chi connectivity index (χ4v) is 4.34. The second kappa shape index (κ2) is 7.81. The van der Waals surface area contributed by atoms with Crippen LogP contribution in [0.25, 0.3) is 0 Å². The normalized spacial score (nSPS) is 28.8. The zero-order valence-electron chi connectivity index (χ0n) is 13.3. The van der Waals surface area contributed by atoms with Crippen LogP contribution in [0.4, 0.5) is 0 Å². The minimum Gasteiger partial charge on any atom is -0.548 e. The third-order valence-corrected chi connectivity index (χ3v) is 5.26. The topological polar surface area (TPSA) is 89.5 Å². The van der Waals surface area contributed by atoms with Crippen molar-refractivity contribution >= 4 is 29.5 Å². The van der Waals surface area contributed by atoms with Crippen molar-refractivity contribution in [3.8, 4) is 0 Å². The van der Waals surface area contributed by atoms with Gasteiger partial charge in [0.25, 0.3) is 0 Å². The summed E-state index contributed by atoms with van der Waals surface area (Å²) in [6, 6.07) is -1.59. The fraction of sp³-hybridized carbons (Fsp3) is 0.643. The smallest absolute Gasteiger partial charge is 0.548 e. The van der Waals surface area contributed by atoms with Crippen molar-refractivity contribution in [3.05, 3.63) is 12.2 Å². The molecule has 0 radical (unpaired) electrons. The number of carbonyl (C=O) groups excluding carboxylic acids is 3. The summed E-state index contributed by atoms with van der Waals surface area (Å²) < 4.78 is -0.624. The van der Waals surface area contributed by atoms with E-state index in [2.05, 4.69) is 5.32 Å². The van der Waals surface area contributed by atoms with Gasteiger partial charge >= 0.3 is 51.4 Å². The maximum Gasteiger partial charge on any atom is 1.00 e. The van der Waals surface area contributed by atoms with E-state index in [4.69, 9.17) is 0 Å². The predicted molar refractivity (Wildman–Crippen MR) is 77.1 cm³/mol. The van der Waals surface area contributed by atoms with Gasteiger partial charge in [-0.05, 0) is 20.3 Å². The molecule has 1 N–H and O–H groups in total. The van der Waals surface area contributed by atoms with Crippen LogP contribution < -0.4 is 61.8 Å². The van der Waals surface area contributed by atoms with Gasteiger partial charge in [0.2, 0.25) is 11.8 Å². The van der Waals surface area contributed by atoms with Gasteiger partial charge in [-0.2, -0.15) is 0 Å². The summed E-state index contributed by atoms with van der Waals surface area (Å²) in [6.45, 7) is 5.51. The molecule has 0 unspecified atom stereocenters. The van der Waals surface area contributed by atoms with Crippen molar-refractivity contribution in [2.45, 2.75) is 55.8 Å². The van der Waals surface area contributed by atoms with Crippen LogP contribution in [0.1, 0.15) is 33.6 Å². The first-order valence-corrected chi connectivity index (χ1v) is 7.82. The Kier molecular flexibility index (Phi) is 7.16. The molecule has 116 valence electrons. The van der Waals surface area contributed by atoms with Gasteiger partial charge < -0.3 is 20.1 Å². The summed E-state index contributed by atoms with van der Waals surface area (Å²) in [4.78, 5) is 36.4. The third-order valence-electron chi connectivity index (χ3n) is 3.69. The number of rotatable bonds is 5. The largest absolute Gasteiger partial charge is 1.00 e. The Hall–Kier alpha value is 0.136. The van der Waals surface area contributed by atoms with Crippen molar-refractivity contribution in [1.29, 1.82) is 0 Å². The van der Waals surface area contributed by atoms with E-state index in [1.165, 1.54) is 16.7 Å². The van der Waals surface area contributed by atoms with E-state index in [-0.39, 0.29) is 75.0 Å². The summed E-state index contributed by atoms with van der Waals surface area (Å²) >= 11 is 1.39. The Balaban J connectivity index is 0.00000242. The number of β-lactam (4-membered cyclic amide) rings is 1. The number of carbonyl (C=O) groups is 3. The molecular formula is C14H19KN2O4S. The van der Waals surface area contributed by atoms with E-state index in [0.717, 1.165) is 6.42 Å². The first-order valence-electron chi connectivity index (χ1n) is 6.94. The number of carboxylic acid groups (broad SMARTS) is 1. The van der Waals surface area contributed by atoms with Gasteiger partial charge in [0.1, 0.15) is 11.4 Å². The minimum atomic E-state index is -1.25. The molecule has 2 saturated heterocycles. The molecule has 6 nitrogen and oxygen atoms in total. The van der Waals surface area contributed by atoms with Crippen molar-refractivity contribution in [2.75, 3.05) is 0 Å². The maximum atomic E-state index is 12.1. The Bertz CT molecular complexity index is 509. The zero-order chi connectivity index (χ0) is 15.8. The number of carboxylic acids is 1. The number of hydrogen-bond acceptors (Lipinski definition) is 5. The average molecular weight is 350 g/mol. The number of nitrogens with zero attached hydrogens (tertiary/aromatic N) is 1. The van der Waals surface area contributed by atoms with E-state index in [1.807, 2.05) is 13.0 Å². The van der Waals surface area contributed by atoms with Gasteiger partial charge in [-0.25, -0.2) is 0 Å². The molecule has 8 heteroatoms. The van der Waals surface area contributed by atoms with Gasteiger partial charge in [-0.15, -0.1) is 11.8 Å². The second-order valence-corrected chi connectivity index (χ2v) is 7.48. The molecule has 0 bridgehead atoms. The number of hydrogen-bond donors (Lipinski definition) is 1. The number of amides is 2. The Morgan fingerprint density at radius 1 is 1.41 bits per heavy atom. The molecule has 0 aromatic carbocycles. The monoisotopic (exact) mass is 350 g/mol. The number of aliphatic carboxylic acids is 1. The van der Waals surface area contributed by atoms with E-state index < -0.39 is 22.8 Å². The summed E-state index contributed by atoms with van der Waals surface area (Å²) in [5.74, 6) is -1.83. The number of nitrogens with one attached hydrogen (secondary N) is 1. The van der Waals surface area contributed by atoms with Crippen LogP contribution in [0.5, 0.6) is 0 Å². The van der Waals surface area contributed by atoms with Crippen molar-refractivity contribution in [2.24, 2.45) is 0 Å². The van der Waals surface area contributed by atoms with Crippen LogP contribution >= 0.6 is 11.8 Å². The van der Waals surface area contributed by atoms with Crippen molar-refractivity contribution < 1.29 is 70.9 Å². The zero-order valence-corrected chi connectivity index (χ0v) is 17.2. The molecule has 2 rings (SSSR count). The molecule has 0 spiro atoms. The summed E-state index contributed by atoms with van der Waals surface area (Å²) in [5, 5.41) is 13.6. The van der Waals surface area contributed by atoms with Crippen LogP contribution in [0.3, 0.4) is 0 Å². The number of fused-ring (bicyclic) bond motifs is 1. The predicted octanol–water partition coefficient (Wildman–Crippen LogP) is -3.36. The summed E-state index contributed by atoms with van der Waals surface area (Å²) in [5.41, 5.74) is 0. The Morgan fingerprint density at radius 2 is 2.05 bits per heavy atom. The Labute approximate surface area is 176 Å². The molecule has 22 heavy (non-hydrogen) atoms. The molecule has 2 heterocycles. The molecule has 0 aliphatic carbocycles. The van der Waals surface area contributed by atoms with Crippen molar-refractivity contribution in [1.82, 2.24) is 10.2 Å². The van der Waals surface area contributed by atoms with E-state index in [1.54, 1.807) is 19.9 Å².